The van der Waals surface area contributed by atoms with Crippen LogP contribution >= 0.6 is 0 Å². The van der Waals surface area contributed by atoms with E-state index in [4.69, 9.17) is 9.72 Å². The Bertz CT molecular complexity index is 856. The number of fused-ring (bicyclic) bond motifs is 1. The molecule has 1 amide bonds. The Morgan fingerprint density at radius 3 is 2.50 bits per heavy atom. The SMILES string of the molecule is COc1ccc2nc(N3CCC(C(=O)N4CCC(F)(F)CC4)CC3)ccc2c1. The Labute approximate surface area is 163 Å². The van der Waals surface area contributed by atoms with Crippen molar-refractivity contribution in [3.05, 3.63) is 30.3 Å². The normalized spacial score (nSPS) is 20.4. The van der Waals surface area contributed by atoms with Crippen LogP contribution in [0.1, 0.15) is 25.7 Å². The van der Waals surface area contributed by atoms with Crippen LogP contribution in [0.3, 0.4) is 0 Å². The molecule has 0 radical (unpaired) electrons. The molecule has 2 aliphatic rings. The molecule has 4 rings (SSSR count). The van der Waals surface area contributed by atoms with Gasteiger partial charge in [-0.3, -0.25) is 4.79 Å². The molecule has 2 aromatic rings. The third-order valence-electron chi connectivity index (χ3n) is 5.86. The Morgan fingerprint density at radius 1 is 1.11 bits per heavy atom. The van der Waals surface area contributed by atoms with Gasteiger partial charge in [-0.05, 0) is 43.2 Å². The average Bonchev–Trinajstić information content (AvgIpc) is 2.72. The monoisotopic (exact) mass is 389 g/mol. The molecule has 7 heteroatoms. The van der Waals surface area contributed by atoms with Gasteiger partial charge in [0, 0.05) is 50.3 Å². The third kappa shape index (κ3) is 3.88. The van der Waals surface area contributed by atoms with Gasteiger partial charge in [-0.1, -0.05) is 0 Å². The fourth-order valence-corrected chi connectivity index (χ4v) is 4.06. The van der Waals surface area contributed by atoms with Gasteiger partial charge < -0.3 is 14.5 Å². The van der Waals surface area contributed by atoms with Crippen LogP contribution in [0.4, 0.5) is 14.6 Å². The van der Waals surface area contributed by atoms with Crippen molar-refractivity contribution in [2.24, 2.45) is 5.92 Å². The van der Waals surface area contributed by atoms with Crippen molar-refractivity contribution in [3.63, 3.8) is 0 Å². The van der Waals surface area contributed by atoms with Crippen LogP contribution in [0.5, 0.6) is 5.75 Å². The lowest BCUT2D eigenvalue weighted by Crippen LogP contribution is -2.47. The van der Waals surface area contributed by atoms with Crippen LogP contribution in [-0.2, 0) is 4.79 Å². The second-order valence-corrected chi connectivity index (χ2v) is 7.67. The van der Waals surface area contributed by atoms with E-state index in [2.05, 4.69) is 4.90 Å². The zero-order valence-corrected chi connectivity index (χ0v) is 16.0. The topological polar surface area (TPSA) is 45.7 Å². The van der Waals surface area contributed by atoms with E-state index in [0.717, 1.165) is 48.4 Å². The van der Waals surface area contributed by atoms with E-state index in [-0.39, 0.29) is 37.8 Å². The van der Waals surface area contributed by atoms with Gasteiger partial charge in [0.05, 0.1) is 12.6 Å². The van der Waals surface area contributed by atoms with Gasteiger partial charge in [0.15, 0.2) is 0 Å². The second kappa shape index (κ2) is 7.53. The van der Waals surface area contributed by atoms with Gasteiger partial charge >= 0.3 is 0 Å². The minimum Gasteiger partial charge on any atom is -0.497 e. The summed E-state index contributed by atoms with van der Waals surface area (Å²) in [6, 6.07) is 9.83. The first-order valence-electron chi connectivity index (χ1n) is 9.81. The molecule has 0 bridgehead atoms. The van der Waals surface area contributed by atoms with Crippen molar-refractivity contribution >= 4 is 22.6 Å². The summed E-state index contributed by atoms with van der Waals surface area (Å²) in [6.45, 7) is 1.83. The fraction of sp³-hybridized carbons (Fsp3) is 0.524. The van der Waals surface area contributed by atoms with Gasteiger partial charge in [-0.15, -0.1) is 0 Å². The number of likely N-dealkylation sites (tertiary alicyclic amines) is 1. The number of pyridine rings is 1. The number of ether oxygens (including phenoxy) is 1. The maximum absolute atomic E-state index is 13.3. The summed E-state index contributed by atoms with van der Waals surface area (Å²) in [6.07, 6.45) is 1.02. The minimum absolute atomic E-state index is 0.0358. The number of hydrogen-bond donors (Lipinski definition) is 0. The summed E-state index contributed by atoms with van der Waals surface area (Å²) in [5.74, 6) is -0.953. The van der Waals surface area contributed by atoms with Gasteiger partial charge in [0.2, 0.25) is 5.91 Å². The van der Waals surface area contributed by atoms with Gasteiger partial charge in [-0.25, -0.2) is 13.8 Å². The van der Waals surface area contributed by atoms with E-state index in [0.29, 0.717) is 0 Å². The van der Waals surface area contributed by atoms with E-state index in [1.165, 1.54) is 0 Å². The predicted molar refractivity (Wildman–Crippen MR) is 104 cm³/mol. The lowest BCUT2D eigenvalue weighted by Gasteiger charge is -2.37. The summed E-state index contributed by atoms with van der Waals surface area (Å²) in [7, 11) is 1.64. The number of aromatic nitrogens is 1. The number of carbonyl (C=O) groups excluding carboxylic acids is 1. The zero-order chi connectivity index (χ0) is 19.7. The molecule has 0 spiro atoms. The number of halogens is 2. The fourth-order valence-electron chi connectivity index (χ4n) is 4.06. The quantitative estimate of drug-likeness (QED) is 0.803. The lowest BCUT2D eigenvalue weighted by molar-refractivity contribution is -0.142. The van der Waals surface area contributed by atoms with Gasteiger partial charge in [0.25, 0.3) is 5.92 Å². The second-order valence-electron chi connectivity index (χ2n) is 7.67. The molecular weight excluding hydrogens is 364 g/mol. The number of methoxy groups -OCH3 is 1. The van der Waals surface area contributed by atoms with E-state index in [1.54, 1.807) is 12.0 Å². The standard InChI is InChI=1S/C21H25F2N3O2/c1-28-17-3-4-18-16(14-17)2-5-19(24-18)25-10-6-15(7-11-25)20(27)26-12-8-21(22,23)9-13-26/h2-5,14-15H,6-13H2,1H3. The molecule has 2 fully saturated rings. The number of hydrogen-bond acceptors (Lipinski definition) is 4. The number of carbonyl (C=O) groups is 1. The number of rotatable bonds is 3. The van der Waals surface area contributed by atoms with E-state index < -0.39 is 5.92 Å². The van der Waals surface area contributed by atoms with E-state index in [1.807, 2.05) is 30.3 Å². The van der Waals surface area contributed by atoms with Crippen LogP contribution in [0.25, 0.3) is 10.9 Å². The summed E-state index contributed by atoms with van der Waals surface area (Å²) in [5.41, 5.74) is 0.908. The largest absolute Gasteiger partial charge is 0.497 e. The predicted octanol–water partition coefficient (Wildman–Crippen LogP) is 3.72. The Balaban J connectivity index is 1.37. The first kappa shape index (κ1) is 18.9. The molecule has 0 saturated carbocycles. The van der Waals surface area contributed by atoms with Gasteiger partial charge in [0.1, 0.15) is 11.6 Å². The first-order valence-corrected chi connectivity index (χ1v) is 9.81. The van der Waals surface area contributed by atoms with Crippen molar-refractivity contribution in [2.45, 2.75) is 31.6 Å². The number of amides is 1. The maximum Gasteiger partial charge on any atom is 0.251 e. The molecule has 2 saturated heterocycles. The summed E-state index contributed by atoms with van der Waals surface area (Å²) < 4.78 is 31.9. The molecule has 0 N–H and O–H groups in total. The van der Waals surface area contributed by atoms with Crippen molar-refractivity contribution in [1.82, 2.24) is 9.88 Å². The number of piperidine rings is 2. The Kier molecular flexibility index (Phi) is 5.08. The zero-order valence-electron chi connectivity index (χ0n) is 16.0. The highest BCUT2D eigenvalue weighted by molar-refractivity contribution is 5.82. The number of alkyl halides is 2. The smallest absolute Gasteiger partial charge is 0.251 e. The number of anilines is 1. The van der Waals surface area contributed by atoms with E-state index >= 15 is 0 Å². The van der Waals surface area contributed by atoms with Crippen LogP contribution < -0.4 is 9.64 Å². The highest BCUT2D eigenvalue weighted by atomic mass is 19.3. The Morgan fingerprint density at radius 2 is 1.82 bits per heavy atom. The molecule has 2 aliphatic heterocycles. The first-order chi connectivity index (χ1) is 13.4. The molecule has 0 unspecified atom stereocenters. The molecule has 150 valence electrons. The number of nitrogens with zero attached hydrogens (tertiary/aromatic N) is 3. The molecule has 1 aromatic carbocycles. The van der Waals surface area contributed by atoms with Crippen LogP contribution in [0.15, 0.2) is 30.3 Å². The van der Waals surface area contributed by atoms with Crippen LogP contribution in [-0.4, -0.2) is 55.0 Å². The van der Waals surface area contributed by atoms with Crippen LogP contribution in [0.2, 0.25) is 0 Å². The summed E-state index contributed by atoms with van der Waals surface area (Å²) in [4.78, 5) is 21.2. The van der Waals surface area contributed by atoms with Gasteiger partial charge in [-0.2, -0.15) is 0 Å². The Hall–Kier alpha value is -2.44. The lowest BCUT2D eigenvalue weighted by atomic mass is 9.94. The van der Waals surface area contributed by atoms with Crippen LogP contribution in [0, 0.1) is 5.92 Å². The number of benzene rings is 1. The molecule has 0 atom stereocenters. The summed E-state index contributed by atoms with van der Waals surface area (Å²) in [5, 5.41) is 1.02. The molecular formula is C21H25F2N3O2. The molecule has 0 aliphatic carbocycles. The molecule has 1 aromatic heterocycles. The van der Waals surface area contributed by atoms with Crippen molar-refractivity contribution in [1.29, 1.82) is 0 Å². The minimum atomic E-state index is -2.62. The third-order valence-corrected chi connectivity index (χ3v) is 5.86. The van der Waals surface area contributed by atoms with Crippen molar-refractivity contribution < 1.29 is 18.3 Å². The van der Waals surface area contributed by atoms with Crippen molar-refractivity contribution in [2.75, 3.05) is 38.2 Å². The summed E-state index contributed by atoms with van der Waals surface area (Å²) >= 11 is 0. The highest BCUT2D eigenvalue weighted by Gasteiger charge is 2.37. The molecule has 3 heterocycles. The molecule has 5 nitrogen and oxygen atoms in total. The average molecular weight is 389 g/mol. The van der Waals surface area contributed by atoms with E-state index in [9.17, 15) is 13.6 Å². The highest BCUT2D eigenvalue weighted by Crippen LogP contribution is 2.31. The van der Waals surface area contributed by atoms with Crippen molar-refractivity contribution in [3.8, 4) is 5.75 Å². The maximum atomic E-state index is 13.3. The molecule has 28 heavy (non-hydrogen) atoms.